The van der Waals surface area contributed by atoms with Crippen LogP contribution in [0.2, 0.25) is 0 Å². The van der Waals surface area contributed by atoms with Gasteiger partial charge < -0.3 is 9.47 Å². The van der Waals surface area contributed by atoms with Gasteiger partial charge in [-0.05, 0) is 42.6 Å². The molecule has 27 heavy (non-hydrogen) atoms. The number of allylic oxidation sites excluding steroid dienone is 1. The summed E-state index contributed by atoms with van der Waals surface area (Å²) < 4.78 is 12.6. The average molecular weight is 369 g/mol. The molecule has 3 heteroatoms. The number of fused-ring (bicyclic) bond motifs is 3. The summed E-state index contributed by atoms with van der Waals surface area (Å²) in [5.74, 6) is 0.908. The van der Waals surface area contributed by atoms with E-state index in [0.717, 1.165) is 18.8 Å². The number of ketones is 1. The quantitative estimate of drug-likeness (QED) is 0.700. The summed E-state index contributed by atoms with van der Waals surface area (Å²) in [4.78, 5) is 12.9. The van der Waals surface area contributed by atoms with Crippen LogP contribution in [0.5, 0.6) is 0 Å². The zero-order chi connectivity index (χ0) is 19.1. The van der Waals surface area contributed by atoms with Gasteiger partial charge in [0.1, 0.15) is 0 Å². The Morgan fingerprint density at radius 1 is 1.22 bits per heavy atom. The van der Waals surface area contributed by atoms with Gasteiger partial charge in [-0.1, -0.05) is 62.8 Å². The van der Waals surface area contributed by atoms with Crippen molar-refractivity contribution < 1.29 is 14.3 Å². The SMILES string of the molecule is CC(=O)[C@]1(OCCc2ccccc2)OC[C@@H]2C=C[C@@H]3C[C@H](C)CC[C@H]3[C@@]21C. The minimum atomic E-state index is -1.11. The lowest BCUT2D eigenvalue weighted by Gasteiger charge is -2.53. The van der Waals surface area contributed by atoms with Crippen molar-refractivity contribution in [2.24, 2.45) is 29.1 Å². The molecule has 4 rings (SSSR count). The van der Waals surface area contributed by atoms with Crippen LogP contribution in [0, 0.1) is 29.1 Å². The van der Waals surface area contributed by atoms with Gasteiger partial charge in [0.2, 0.25) is 5.79 Å². The van der Waals surface area contributed by atoms with Gasteiger partial charge >= 0.3 is 0 Å². The van der Waals surface area contributed by atoms with Crippen molar-refractivity contribution in [3.8, 4) is 0 Å². The Hall–Kier alpha value is -1.45. The molecule has 3 nitrogen and oxygen atoms in total. The molecule has 0 aromatic heterocycles. The van der Waals surface area contributed by atoms with E-state index in [0.29, 0.717) is 25.0 Å². The Kier molecular flexibility index (Phi) is 5.02. The highest BCUT2D eigenvalue weighted by Crippen LogP contribution is 2.61. The van der Waals surface area contributed by atoms with E-state index in [1.54, 1.807) is 6.92 Å². The number of carbonyl (C=O) groups is 1. The Labute approximate surface area is 163 Å². The van der Waals surface area contributed by atoms with Crippen LogP contribution in [-0.2, 0) is 20.7 Å². The number of Topliss-reactive ketones (excluding diaryl/α,β-unsaturated/α-hetero) is 1. The van der Waals surface area contributed by atoms with Crippen LogP contribution in [0.1, 0.15) is 45.6 Å². The third-order valence-electron chi connectivity index (χ3n) is 7.47. The summed E-state index contributed by atoms with van der Waals surface area (Å²) in [6.07, 6.45) is 9.10. The normalized spacial score (nSPS) is 40.4. The lowest BCUT2D eigenvalue weighted by Crippen LogP contribution is -2.59. The second kappa shape index (κ2) is 7.18. The van der Waals surface area contributed by atoms with Gasteiger partial charge in [-0.25, -0.2) is 0 Å². The van der Waals surface area contributed by atoms with E-state index >= 15 is 0 Å². The number of benzene rings is 1. The molecule has 0 radical (unpaired) electrons. The lowest BCUT2D eigenvalue weighted by atomic mass is 9.53. The lowest BCUT2D eigenvalue weighted by molar-refractivity contribution is -0.257. The highest BCUT2D eigenvalue weighted by molar-refractivity contribution is 5.85. The van der Waals surface area contributed by atoms with Crippen molar-refractivity contribution in [3.05, 3.63) is 48.0 Å². The van der Waals surface area contributed by atoms with Crippen molar-refractivity contribution in [1.29, 1.82) is 0 Å². The largest absolute Gasteiger partial charge is 0.343 e. The molecule has 2 aliphatic carbocycles. The summed E-state index contributed by atoms with van der Waals surface area (Å²) in [7, 11) is 0. The van der Waals surface area contributed by atoms with Crippen molar-refractivity contribution in [1.82, 2.24) is 0 Å². The summed E-state index contributed by atoms with van der Waals surface area (Å²) in [6, 6.07) is 10.3. The molecule has 0 unspecified atom stereocenters. The number of hydrogen-bond donors (Lipinski definition) is 0. The summed E-state index contributed by atoms with van der Waals surface area (Å²) >= 11 is 0. The third kappa shape index (κ3) is 3.00. The fourth-order valence-corrected chi connectivity index (χ4v) is 5.95. The van der Waals surface area contributed by atoms with Crippen LogP contribution in [0.3, 0.4) is 0 Å². The van der Waals surface area contributed by atoms with Crippen LogP contribution in [0.15, 0.2) is 42.5 Å². The average Bonchev–Trinajstić information content (AvgIpc) is 2.96. The zero-order valence-electron chi connectivity index (χ0n) is 16.8. The monoisotopic (exact) mass is 368 g/mol. The van der Waals surface area contributed by atoms with Crippen LogP contribution >= 0.6 is 0 Å². The molecule has 146 valence electrons. The molecule has 2 fully saturated rings. The topological polar surface area (TPSA) is 35.5 Å². The smallest absolute Gasteiger partial charge is 0.235 e. The van der Waals surface area contributed by atoms with Gasteiger partial charge in [0, 0.05) is 18.3 Å². The maximum absolute atomic E-state index is 12.9. The van der Waals surface area contributed by atoms with Crippen molar-refractivity contribution >= 4 is 5.78 Å². The molecule has 0 bridgehead atoms. The molecule has 1 aliphatic heterocycles. The van der Waals surface area contributed by atoms with Gasteiger partial charge in [0.15, 0.2) is 5.78 Å². The third-order valence-corrected chi connectivity index (χ3v) is 7.47. The second-order valence-corrected chi connectivity index (χ2v) is 9.03. The van der Waals surface area contributed by atoms with Gasteiger partial charge in [-0.3, -0.25) is 4.79 Å². The number of rotatable bonds is 5. The molecule has 0 N–H and O–H groups in total. The number of ether oxygens (including phenoxy) is 2. The fraction of sp³-hybridized carbons (Fsp3) is 0.625. The van der Waals surface area contributed by atoms with E-state index in [9.17, 15) is 4.79 Å². The van der Waals surface area contributed by atoms with Crippen molar-refractivity contribution in [3.63, 3.8) is 0 Å². The maximum Gasteiger partial charge on any atom is 0.235 e. The number of carbonyl (C=O) groups excluding carboxylic acids is 1. The van der Waals surface area contributed by atoms with Gasteiger partial charge in [0.25, 0.3) is 0 Å². The molecule has 1 heterocycles. The first-order valence-electron chi connectivity index (χ1n) is 10.5. The van der Waals surface area contributed by atoms with Gasteiger partial charge in [0.05, 0.1) is 13.2 Å². The van der Waals surface area contributed by atoms with E-state index in [4.69, 9.17) is 9.47 Å². The minimum Gasteiger partial charge on any atom is -0.343 e. The molecule has 0 amide bonds. The summed E-state index contributed by atoms with van der Waals surface area (Å²) in [6.45, 7) is 7.33. The van der Waals surface area contributed by atoms with Crippen LogP contribution in [0.25, 0.3) is 0 Å². The standard InChI is InChI=1S/C24H32O3/c1-17-9-12-22-20(15-17)10-11-21-16-27-24(18(2)25,23(21,22)3)26-14-13-19-7-5-4-6-8-19/h4-8,10-11,17,20-22H,9,12-16H2,1-3H3/t17-,20-,21+,22-,23-,24+/m1/s1. The first-order chi connectivity index (χ1) is 13.0. The van der Waals surface area contributed by atoms with Crippen molar-refractivity contribution in [2.75, 3.05) is 13.2 Å². The molecule has 1 aromatic rings. The second-order valence-electron chi connectivity index (χ2n) is 9.03. The molecule has 6 atom stereocenters. The van der Waals surface area contributed by atoms with E-state index in [1.807, 2.05) is 18.2 Å². The fourth-order valence-electron chi connectivity index (χ4n) is 5.95. The van der Waals surface area contributed by atoms with Crippen LogP contribution in [0.4, 0.5) is 0 Å². The Bertz CT molecular complexity index is 712. The maximum atomic E-state index is 12.9. The first kappa shape index (κ1) is 18.9. The predicted molar refractivity (Wildman–Crippen MR) is 106 cm³/mol. The van der Waals surface area contributed by atoms with E-state index in [1.165, 1.54) is 18.4 Å². The van der Waals surface area contributed by atoms with Gasteiger partial charge in [-0.15, -0.1) is 0 Å². The highest BCUT2D eigenvalue weighted by Gasteiger charge is 2.67. The summed E-state index contributed by atoms with van der Waals surface area (Å²) in [5, 5.41) is 0. The van der Waals surface area contributed by atoms with Crippen LogP contribution in [-0.4, -0.2) is 24.8 Å². The predicted octanol–water partition coefficient (Wildman–Crippen LogP) is 4.81. The highest BCUT2D eigenvalue weighted by atomic mass is 16.7. The molecular weight excluding hydrogens is 336 g/mol. The van der Waals surface area contributed by atoms with E-state index < -0.39 is 5.79 Å². The molecule has 3 aliphatic rings. The summed E-state index contributed by atoms with van der Waals surface area (Å²) in [5.41, 5.74) is 0.943. The van der Waals surface area contributed by atoms with E-state index in [-0.39, 0.29) is 17.1 Å². The van der Waals surface area contributed by atoms with Crippen LogP contribution < -0.4 is 0 Å². The number of hydrogen-bond acceptors (Lipinski definition) is 3. The van der Waals surface area contributed by atoms with Gasteiger partial charge in [-0.2, -0.15) is 0 Å². The van der Waals surface area contributed by atoms with Crippen molar-refractivity contribution in [2.45, 2.75) is 52.2 Å². The van der Waals surface area contributed by atoms with E-state index in [2.05, 4.69) is 38.1 Å². The molecule has 1 saturated carbocycles. The zero-order valence-corrected chi connectivity index (χ0v) is 16.8. The minimum absolute atomic E-state index is 0.0215. The molecule has 1 saturated heterocycles. The molecule has 0 spiro atoms. The Balaban J connectivity index is 1.60. The Morgan fingerprint density at radius 2 is 2.00 bits per heavy atom. The first-order valence-corrected chi connectivity index (χ1v) is 10.5. The molecular formula is C24H32O3. The molecule has 1 aromatic carbocycles. The Morgan fingerprint density at radius 3 is 2.74 bits per heavy atom.